The van der Waals surface area contributed by atoms with Gasteiger partial charge in [-0.3, -0.25) is 9.59 Å². The highest BCUT2D eigenvalue weighted by Gasteiger charge is 2.42. The molecule has 0 radical (unpaired) electrons. The first kappa shape index (κ1) is 17.2. The molecule has 2 aromatic rings. The van der Waals surface area contributed by atoms with Crippen LogP contribution >= 0.6 is 0 Å². The van der Waals surface area contributed by atoms with Crippen LogP contribution < -0.4 is 5.48 Å². The lowest BCUT2D eigenvalue weighted by molar-refractivity contribution is -0.204. The molecular formula is C16H10F3NO4. The Hall–Kier alpha value is -3.16. The fourth-order valence-corrected chi connectivity index (χ4v) is 1.83. The van der Waals surface area contributed by atoms with Crippen LogP contribution in [0.1, 0.15) is 26.3 Å². The predicted octanol–water partition coefficient (Wildman–Crippen LogP) is 2.67. The van der Waals surface area contributed by atoms with Crippen LogP contribution in [0, 0.1) is 0 Å². The van der Waals surface area contributed by atoms with Crippen molar-refractivity contribution >= 4 is 17.7 Å². The first-order chi connectivity index (χ1) is 11.3. The SMILES string of the molecule is O=C(NOC(=O)C(F)(F)F)c1ccccc1C(=O)c1ccccc1. The number of nitrogens with one attached hydrogen (secondary N) is 1. The van der Waals surface area contributed by atoms with Crippen molar-refractivity contribution in [3.05, 3.63) is 71.3 Å². The van der Waals surface area contributed by atoms with E-state index in [4.69, 9.17) is 0 Å². The summed E-state index contributed by atoms with van der Waals surface area (Å²) < 4.78 is 36.2. The third kappa shape index (κ3) is 3.97. The van der Waals surface area contributed by atoms with E-state index < -0.39 is 23.8 Å². The van der Waals surface area contributed by atoms with Gasteiger partial charge in [-0.1, -0.05) is 48.5 Å². The molecule has 2 aromatic carbocycles. The van der Waals surface area contributed by atoms with Crippen molar-refractivity contribution in [2.24, 2.45) is 0 Å². The number of benzene rings is 2. The monoisotopic (exact) mass is 337 g/mol. The molecule has 0 saturated heterocycles. The average Bonchev–Trinajstić information content (AvgIpc) is 2.58. The van der Waals surface area contributed by atoms with Crippen LogP contribution in [0.15, 0.2) is 54.6 Å². The second-order valence-electron chi connectivity index (χ2n) is 4.56. The Kier molecular flexibility index (Phi) is 4.98. The van der Waals surface area contributed by atoms with E-state index in [0.29, 0.717) is 5.56 Å². The largest absolute Gasteiger partial charge is 0.493 e. The van der Waals surface area contributed by atoms with E-state index in [1.807, 2.05) is 0 Å². The molecule has 0 atom stereocenters. The van der Waals surface area contributed by atoms with Gasteiger partial charge in [0.25, 0.3) is 5.91 Å². The van der Waals surface area contributed by atoms with E-state index in [9.17, 15) is 27.6 Å². The van der Waals surface area contributed by atoms with Crippen LogP contribution in [0.4, 0.5) is 13.2 Å². The lowest BCUT2D eigenvalue weighted by Gasteiger charge is -2.10. The molecule has 0 fully saturated rings. The molecule has 0 heterocycles. The van der Waals surface area contributed by atoms with Crippen LogP contribution in [-0.4, -0.2) is 23.8 Å². The maximum Gasteiger partial charge on any atom is 0.493 e. The van der Waals surface area contributed by atoms with Crippen molar-refractivity contribution in [1.29, 1.82) is 0 Å². The average molecular weight is 337 g/mol. The number of hydrogen-bond donors (Lipinski definition) is 1. The Balaban J connectivity index is 2.21. The highest BCUT2D eigenvalue weighted by Crippen LogP contribution is 2.17. The number of hydrogen-bond acceptors (Lipinski definition) is 4. The van der Waals surface area contributed by atoms with E-state index in [2.05, 4.69) is 4.84 Å². The Bertz CT molecular complexity index is 772. The number of carbonyl (C=O) groups excluding carboxylic acids is 3. The van der Waals surface area contributed by atoms with Gasteiger partial charge in [0.15, 0.2) is 5.78 Å². The van der Waals surface area contributed by atoms with Gasteiger partial charge in [0.1, 0.15) is 0 Å². The van der Waals surface area contributed by atoms with E-state index >= 15 is 0 Å². The Morgan fingerprint density at radius 3 is 1.96 bits per heavy atom. The van der Waals surface area contributed by atoms with Gasteiger partial charge < -0.3 is 4.84 Å². The Labute approximate surface area is 134 Å². The molecule has 0 aliphatic rings. The summed E-state index contributed by atoms with van der Waals surface area (Å²) in [6, 6.07) is 13.5. The zero-order valence-corrected chi connectivity index (χ0v) is 12.0. The quantitative estimate of drug-likeness (QED) is 0.690. The second-order valence-corrected chi connectivity index (χ2v) is 4.56. The third-order valence-electron chi connectivity index (χ3n) is 2.92. The molecule has 0 bridgehead atoms. The van der Waals surface area contributed by atoms with Crippen LogP contribution in [0.25, 0.3) is 0 Å². The number of alkyl halides is 3. The molecule has 0 aromatic heterocycles. The highest BCUT2D eigenvalue weighted by molar-refractivity contribution is 6.15. The minimum atomic E-state index is -5.24. The molecule has 5 nitrogen and oxygen atoms in total. The summed E-state index contributed by atoms with van der Waals surface area (Å²) in [5.41, 5.74) is 1.43. The molecule has 0 aliphatic carbocycles. The molecule has 0 aliphatic heterocycles. The van der Waals surface area contributed by atoms with Crippen molar-refractivity contribution in [2.45, 2.75) is 6.18 Å². The van der Waals surface area contributed by atoms with E-state index in [0.717, 1.165) is 0 Å². The van der Waals surface area contributed by atoms with Gasteiger partial charge in [-0.05, 0) is 6.07 Å². The zero-order chi connectivity index (χ0) is 17.7. The smallest absolute Gasteiger partial charge is 0.332 e. The fourth-order valence-electron chi connectivity index (χ4n) is 1.83. The van der Waals surface area contributed by atoms with Gasteiger partial charge in [-0.25, -0.2) is 4.79 Å². The molecule has 0 unspecified atom stereocenters. The zero-order valence-electron chi connectivity index (χ0n) is 12.0. The highest BCUT2D eigenvalue weighted by atomic mass is 19.4. The third-order valence-corrected chi connectivity index (χ3v) is 2.92. The molecule has 124 valence electrons. The van der Waals surface area contributed by atoms with Crippen molar-refractivity contribution in [3.63, 3.8) is 0 Å². The summed E-state index contributed by atoms with van der Waals surface area (Å²) >= 11 is 0. The lowest BCUT2D eigenvalue weighted by Crippen LogP contribution is -2.35. The van der Waals surface area contributed by atoms with Gasteiger partial charge in [0.05, 0.1) is 5.56 Å². The van der Waals surface area contributed by atoms with Crippen molar-refractivity contribution in [2.75, 3.05) is 0 Å². The summed E-state index contributed by atoms with van der Waals surface area (Å²) in [7, 11) is 0. The minimum absolute atomic E-state index is 0.0377. The van der Waals surface area contributed by atoms with Crippen molar-refractivity contribution in [3.8, 4) is 0 Å². The Morgan fingerprint density at radius 2 is 1.38 bits per heavy atom. The molecule has 0 saturated carbocycles. The van der Waals surface area contributed by atoms with Gasteiger partial charge in [0, 0.05) is 11.1 Å². The normalized spacial score (nSPS) is 10.8. The predicted molar refractivity (Wildman–Crippen MR) is 75.9 cm³/mol. The summed E-state index contributed by atoms with van der Waals surface area (Å²) in [6.07, 6.45) is -5.24. The number of carbonyl (C=O) groups is 3. The number of hydroxylamine groups is 1. The molecule has 24 heavy (non-hydrogen) atoms. The van der Waals surface area contributed by atoms with Gasteiger partial charge in [0.2, 0.25) is 0 Å². The maximum atomic E-state index is 12.4. The first-order valence-electron chi connectivity index (χ1n) is 6.58. The van der Waals surface area contributed by atoms with E-state index in [-0.39, 0.29) is 11.1 Å². The number of amides is 1. The summed E-state index contributed by atoms with van der Waals surface area (Å²) in [5, 5.41) is 0. The first-order valence-corrected chi connectivity index (χ1v) is 6.58. The molecular weight excluding hydrogens is 327 g/mol. The number of halogens is 3. The van der Waals surface area contributed by atoms with Crippen LogP contribution in [0.2, 0.25) is 0 Å². The van der Waals surface area contributed by atoms with Crippen LogP contribution in [0.5, 0.6) is 0 Å². The van der Waals surface area contributed by atoms with Gasteiger partial charge in [-0.2, -0.15) is 18.7 Å². The van der Waals surface area contributed by atoms with Crippen molar-refractivity contribution in [1.82, 2.24) is 5.48 Å². The summed E-state index contributed by atoms with van der Waals surface area (Å²) in [6.45, 7) is 0. The van der Waals surface area contributed by atoms with Gasteiger partial charge in [-0.15, -0.1) is 0 Å². The minimum Gasteiger partial charge on any atom is -0.332 e. The topological polar surface area (TPSA) is 72.5 Å². The second kappa shape index (κ2) is 6.95. The summed E-state index contributed by atoms with van der Waals surface area (Å²) in [4.78, 5) is 38.6. The molecule has 2 rings (SSSR count). The van der Waals surface area contributed by atoms with E-state index in [1.165, 1.54) is 41.9 Å². The van der Waals surface area contributed by atoms with E-state index in [1.54, 1.807) is 18.2 Å². The molecule has 1 amide bonds. The number of ketones is 1. The van der Waals surface area contributed by atoms with Crippen LogP contribution in [-0.2, 0) is 9.63 Å². The Morgan fingerprint density at radius 1 is 0.833 bits per heavy atom. The van der Waals surface area contributed by atoms with Crippen LogP contribution in [0.3, 0.4) is 0 Å². The molecule has 8 heteroatoms. The van der Waals surface area contributed by atoms with Crippen molar-refractivity contribution < 1.29 is 32.4 Å². The fraction of sp³-hybridized carbons (Fsp3) is 0.0625. The molecule has 1 N–H and O–H groups in total. The van der Waals surface area contributed by atoms with Gasteiger partial charge >= 0.3 is 12.1 Å². The maximum absolute atomic E-state index is 12.4. The standard InChI is InChI=1S/C16H10F3NO4/c17-16(18,19)15(23)24-20-14(22)12-9-5-4-8-11(12)13(21)10-6-2-1-3-7-10/h1-9H,(H,20,22). The lowest BCUT2D eigenvalue weighted by atomic mass is 9.98. The number of rotatable bonds is 3. The summed E-state index contributed by atoms with van der Waals surface area (Å²) in [5.74, 6) is -4.21. The molecule has 0 spiro atoms.